The van der Waals surface area contributed by atoms with E-state index in [4.69, 9.17) is 51.6 Å². The molecule has 13 amide bonds. The molecular weight excluding hydrogens is 1390 g/mol. The Bertz CT molecular complexity index is 3150. The molecule has 42 nitrogen and oxygen atoms in total. The van der Waals surface area contributed by atoms with Crippen LogP contribution in [0.4, 0.5) is 0 Å². The number of guanidine groups is 3. The van der Waals surface area contributed by atoms with Crippen LogP contribution in [0.2, 0.25) is 0 Å². The number of unbranched alkanes of at least 4 members (excludes halogenated alkanes) is 1. The molecular formula is C64H114N26O16. The maximum absolute atomic E-state index is 14.7. The molecule has 0 spiro atoms. The van der Waals surface area contributed by atoms with Gasteiger partial charge in [0, 0.05) is 37.9 Å². The van der Waals surface area contributed by atoms with Crippen LogP contribution >= 0.6 is 0 Å². The van der Waals surface area contributed by atoms with Gasteiger partial charge in [0.15, 0.2) is 17.9 Å². The quantitative estimate of drug-likeness (QED) is 0.0164. The van der Waals surface area contributed by atoms with Crippen LogP contribution < -0.4 is 115 Å². The fraction of sp³-hybridized carbons (Fsp3) is 0.688. The monoisotopic (exact) mass is 1500 g/mol. The summed E-state index contributed by atoms with van der Waals surface area (Å²) in [4.78, 5) is 212. The van der Waals surface area contributed by atoms with Crippen molar-refractivity contribution >= 4 is 101 Å². The van der Waals surface area contributed by atoms with Gasteiger partial charge in [-0.3, -0.25) is 77.3 Å². The van der Waals surface area contributed by atoms with E-state index >= 15 is 0 Å². The summed E-state index contributed by atoms with van der Waals surface area (Å²) >= 11 is 0. The van der Waals surface area contributed by atoms with Gasteiger partial charge in [-0.05, 0) is 121 Å². The van der Waals surface area contributed by atoms with E-state index < -0.39 is 175 Å². The maximum atomic E-state index is 14.7. The van der Waals surface area contributed by atoms with Crippen molar-refractivity contribution in [1.82, 2.24) is 73.8 Å². The predicted octanol–water partition coefficient (Wildman–Crippen LogP) is -8.71. The molecule has 0 radical (unpaired) electrons. The highest BCUT2D eigenvalue weighted by Crippen LogP contribution is 2.15. The fourth-order valence-corrected chi connectivity index (χ4v) is 10.9. The lowest BCUT2D eigenvalue weighted by atomic mass is 9.99. The number of carbonyl (C=O) groups is 14. The number of carboxylic acid groups (broad SMARTS) is 1. The molecule has 1 aromatic rings. The number of nitrogens with two attached hydrogens (primary N) is 9. The number of aliphatic hydroxyl groups is 1. The Labute approximate surface area is 614 Å². The summed E-state index contributed by atoms with van der Waals surface area (Å²) in [5.74, 6) is -16.1. The zero-order valence-corrected chi connectivity index (χ0v) is 61.2. The molecule has 42 heteroatoms. The summed E-state index contributed by atoms with van der Waals surface area (Å²) in [6.45, 7) is 10.3. The van der Waals surface area contributed by atoms with Gasteiger partial charge in [-0.25, -0.2) is 9.78 Å². The number of rotatable bonds is 52. The zero-order chi connectivity index (χ0) is 79.8. The van der Waals surface area contributed by atoms with Crippen molar-refractivity contribution in [2.45, 2.75) is 223 Å². The second-order valence-electron chi connectivity index (χ2n) is 27.0. The minimum Gasteiger partial charge on any atom is -0.480 e. The van der Waals surface area contributed by atoms with E-state index in [2.05, 4.69) is 88.7 Å². The van der Waals surface area contributed by atoms with E-state index in [1.54, 1.807) is 41.5 Å². The van der Waals surface area contributed by atoms with Crippen molar-refractivity contribution in [2.75, 3.05) is 39.3 Å². The molecule has 0 aromatic carbocycles. The lowest BCUT2D eigenvalue weighted by molar-refractivity contribution is -0.142. The van der Waals surface area contributed by atoms with Gasteiger partial charge < -0.3 is 131 Å². The van der Waals surface area contributed by atoms with Crippen LogP contribution in [0.5, 0.6) is 0 Å². The van der Waals surface area contributed by atoms with Gasteiger partial charge in [0.25, 0.3) is 0 Å². The van der Waals surface area contributed by atoms with Crippen LogP contribution in [0.15, 0.2) is 27.5 Å². The number of aliphatic imine (C=N–C) groups is 3. The fourth-order valence-electron chi connectivity index (χ4n) is 10.9. The number of hydrogen-bond acceptors (Lipinski definition) is 21. The van der Waals surface area contributed by atoms with Crippen LogP contribution in [0.1, 0.15) is 150 Å². The number of aliphatic carboxylic acids is 1. The van der Waals surface area contributed by atoms with Crippen molar-refractivity contribution in [1.29, 1.82) is 0 Å². The third-order valence-electron chi connectivity index (χ3n) is 16.2. The van der Waals surface area contributed by atoms with Gasteiger partial charge in [-0.2, -0.15) is 0 Å². The van der Waals surface area contributed by atoms with E-state index in [0.29, 0.717) is 25.8 Å². The minimum absolute atomic E-state index is 0.00122. The molecule has 106 heavy (non-hydrogen) atoms. The number of hydrogen-bond donors (Lipinski definition) is 24. The zero-order valence-electron chi connectivity index (χ0n) is 61.2. The summed E-state index contributed by atoms with van der Waals surface area (Å²) in [6, 6.07) is -17.7. The number of aromatic nitrogens is 2. The second-order valence-corrected chi connectivity index (χ2v) is 27.0. The molecule has 0 bridgehead atoms. The lowest BCUT2D eigenvalue weighted by Crippen LogP contribution is -2.61. The Morgan fingerprint density at radius 2 is 0.783 bits per heavy atom. The van der Waals surface area contributed by atoms with E-state index in [-0.39, 0.29) is 138 Å². The number of nitrogens with one attached hydrogen (secondary N) is 13. The molecule has 1 aliphatic rings. The first kappa shape index (κ1) is 91.6. The highest BCUT2D eigenvalue weighted by molar-refractivity contribution is 6.01. The first-order chi connectivity index (χ1) is 49.9. The molecule has 33 N–H and O–H groups in total. The summed E-state index contributed by atoms with van der Waals surface area (Å²) in [7, 11) is 0. The Morgan fingerprint density at radius 3 is 1.11 bits per heavy atom. The second kappa shape index (κ2) is 48.5. The highest BCUT2D eigenvalue weighted by Gasteiger charge is 2.38. The predicted molar refractivity (Wildman–Crippen MR) is 388 cm³/mol. The van der Waals surface area contributed by atoms with Crippen molar-refractivity contribution in [3.8, 4) is 0 Å². The van der Waals surface area contributed by atoms with Gasteiger partial charge >= 0.3 is 5.97 Å². The minimum atomic E-state index is -1.97. The van der Waals surface area contributed by atoms with Crippen molar-refractivity contribution in [3.05, 3.63) is 18.2 Å². The van der Waals surface area contributed by atoms with Gasteiger partial charge in [-0.15, -0.1) is 0 Å². The molecule has 0 saturated carbocycles. The first-order valence-corrected chi connectivity index (χ1v) is 35.3. The average Bonchev–Trinajstić information content (AvgIpc) is 1.15. The normalized spacial score (nSPS) is 15.6. The lowest BCUT2D eigenvalue weighted by Gasteiger charge is -2.29. The molecule has 0 aliphatic carbocycles. The van der Waals surface area contributed by atoms with Crippen LogP contribution in [0.25, 0.3) is 0 Å². The van der Waals surface area contributed by atoms with E-state index in [9.17, 15) is 77.3 Å². The summed E-state index contributed by atoms with van der Waals surface area (Å²) in [5, 5.41) is 50.9. The molecule has 2 heterocycles. The molecule has 2 rings (SSSR count). The van der Waals surface area contributed by atoms with E-state index in [1.165, 1.54) is 12.5 Å². The molecule has 1 aromatic heterocycles. The Hall–Kier alpha value is -10.5. The molecule has 1 fully saturated rings. The standard InChI is InChI=1S/C64H114N26O16/c1-32(2)23-41(54(98)81-38(15-10-20-76-62(68)69)52(96)83-40(61(105)106)17-12-22-78-64(72)73)86-58(102)45(27-48(66)92)89-59(103)46(28-49(67)93)88-57(101)44(26-35-29-74-31-79-35)87-56(100)43(25-34(5)6)85-55(99)42(24-33(3)4)84-53(97)39(16-11-21-77-63(70)71)80-51(95)37(13-7-8-18-65)82-60(104)47(30-91)90-50(94)36-14-9-19-75-36/h29,31-34,36-47,75,91H,7-28,30,65H2,1-6H3,(H2,66,92)(H2,67,93)(H,74,79)(H,80,95)(H,81,98)(H,82,104)(H,83,96)(H,84,97)(H,85,99)(H,86,102)(H,87,100)(H,88,101)(H,89,103)(H,90,94)(H,105,106)(H4,68,69,76)(H4,70,71,77)(H4,72,73,78)/t36-,37-,38-,39-,40-,41-,42-,43-,44-,45-,46-,47-/m0/s1. The van der Waals surface area contributed by atoms with Gasteiger partial charge in [0.1, 0.15) is 66.5 Å². The molecule has 596 valence electrons. The van der Waals surface area contributed by atoms with Gasteiger partial charge in [0.2, 0.25) is 76.8 Å². The average molecular weight is 1500 g/mol. The third-order valence-corrected chi connectivity index (χ3v) is 16.2. The number of carbonyl (C=O) groups excluding carboxylic acids is 13. The van der Waals surface area contributed by atoms with Crippen molar-refractivity contribution < 1.29 is 77.3 Å². The summed E-state index contributed by atoms with van der Waals surface area (Å²) in [5.41, 5.74) is 49.9. The maximum Gasteiger partial charge on any atom is 0.326 e. The first-order valence-electron chi connectivity index (χ1n) is 35.3. The van der Waals surface area contributed by atoms with Gasteiger partial charge in [-0.1, -0.05) is 41.5 Å². The summed E-state index contributed by atoms with van der Waals surface area (Å²) in [6.07, 6.45) is 1.93. The topological polar surface area (TPSA) is 724 Å². The largest absolute Gasteiger partial charge is 0.480 e. The van der Waals surface area contributed by atoms with Crippen LogP contribution in [0, 0.1) is 17.8 Å². The Kier molecular flexibility index (Phi) is 41.9. The number of aromatic amines is 1. The van der Waals surface area contributed by atoms with Crippen molar-refractivity contribution in [3.63, 3.8) is 0 Å². The van der Waals surface area contributed by atoms with E-state index in [0.717, 1.165) is 6.42 Å². The molecule has 1 saturated heterocycles. The van der Waals surface area contributed by atoms with Crippen LogP contribution in [-0.2, 0) is 73.5 Å². The van der Waals surface area contributed by atoms with E-state index in [1.807, 2.05) is 0 Å². The SMILES string of the molecule is CC(C)C[C@H](NC(=O)[C@H](CC(N)=O)NC(=O)[C@H](CC(N)=O)NC(=O)[C@H](Cc1cnc[nH]1)NC(=O)[C@H](CC(C)C)NC(=O)[C@H](CC(C)C)NC(=O)[C@H](CCCN=C(N)N)NC(=O)[C@H](CCCCN)NC(=O)[C@H](CO)NC(=O)[C@@H]1CCCN1)C(=O)N[C@@H](CCCN=C(N)N)C(=O)N[C@@H](CCCN=C(N)N)C(=O)O. The smallest absolute Gasteiger partial charge is 0.326 e. The molecule has 1 aliphatic heterocycles. The number of amides is 13. The number of primary amides is 2. The van der Waals surface area contributed by atoms with Crippen LogP contribution in [0.3, 0.4) is 0 Å². The number of aliphatic hydroxyl groups excluding tert-OH is 1. The number of nitrogens with zero attached hydrogens (tertiary/aromatic N) is 4. The van der Waals surface area contributed by atoms with Crippen LogP contribution in [-0.4, -0.2) is 233 Å². The third kappa shape index (κ3) is 36.8. The number of imidazole rings is 1. The number of H-pyrrole nitrogens is 1. The van der Waals surface area contributed by atoms with Gasteiger partial charge in [0.05, 0.1) is 31.8 Å². The molecule has 12 atom stereocenters. The number of carboxylic acids is 1. The summed E-state index contributed by atoms with van der Waals surface area (Å²) < 4.78 is 0. The van der Waals surface area contributed by atoms with Crippen molar-refractivity contribution in [2.24, 2.45) is 84.3 Å². The highest BCUT2D eigenvalue weighted by atomic mass is 16.4. The molecule has 0 unspecified atom stereocenters. The Balaban J connectivity index is 2.54. The Morgan fingerprint density at radius 1 is 0.453 bits per heavy atom.